The Hall–Kier alpha value is -0.223. The summed E-state index contributed by atoms with van der Waals surface area (Å²) >= 11 is 0. The lowest BCUT2D eigenvalue weighted by atomic mass is 9.97. The summed E-state index contributed by atoms with van der Waals surface area (Å²) in [5.41, 5.74) is 1.07. The molecule has 0 spiro atoms. The van der Waals surface area contributed by atoms with Crippen LogP contribution in [-0.2, 0) is 0 Å². The van der Waals surface area contributed by atoms with Gasteiger partial charge >= 0.3 is 0 Å². The van der Waals surface area contributed by atoms with Gasteiger partial charge in [-0.15, -0.1) is 12.8 Å². The van der Waals surface area contributed by atoms with Crippen molar-refractivity contribution in [1.29, 1.82) is 0 Å². The van der Waals surface area contributed by atoms with Gasteiger partial charge < -0.3 is 0 Å². The minimum atomic E-state index is -0.752. The van der Waals surface area contributed by atoms with E-state index in [2.05, 4.69) is 39.8 Å². The van der Waals surface area contributed by atoms with E-state index in [0.717, 1.165) is 11.5 Å². The molecule has 1 aliphatic rings. The second kappa shape index (κ2) is 5.50. The first-order valence-corrected chi connectivity index (χ1v) is 8.68. The van der Waals surface area contributed by atoms with Gasteiger partial charge in [0.25, 0.3) is 0 Å². The molecule has 0 saturated carbocycles. The lowest BCUT2D eigenvalue weighted by Crippen LogP contribution is -2.36. The second-order valence-corrected chi connectivity index (χ2v) is 10.4. The lowest BCUT2D eigenvalue weighted by molar-refractivity contribution is 0.420. The van der Waals surface area contributed by atoms with Gasteiger partial charge in [0, 0.05) is 0 Å². The molecular weight excluding hydrogens is 172 g/mol. The van der Waals surface area contributed by atoms with Crippen LogP contribution in [0.5, 0.6) is 0 Å². The highest BCUT2D eigenvalue weighted by atomic mass is 28.3. The van der Waals surface area contributed by atoms with Crippen LogP contribution in [0.25, 0.3) is 0 Å². The van der Waals surface area contributed by atoms with Crippen LogP contribution in [0.15, 0.2) is 0 Å². The molecule has 0 nitrogen and oxygen atoms in total. The lowest BCUT2D eigenvalue weighted by Gasteiger charge is -2.38. The van der Waals surface area contributed by atoms with Crippen molar-refractivity contribution >= 4 is 8.07 Å². The van der Waals surface area contributed by atoms with Crippen LogP contribution in [0, 0.1) is 18.8 Å². The largest absolute Gasteiger partial charge is 0.124 e. The van der Waals surface area contributed by atoms with Crippen molar-refractivity contribution in [1.82, 2.24) is 0 Å². The fraction of sp³-hybridized carbons (Fsp3) is 0.833. The van der Waals surface area contributed by atoms with Gasteiger partial charge in [0.05, 0.1) is 8.07 Å². The number of rotatable bonds is 1. The SMILES string of the molecule is C#C.CCC1CC[Si](C)(C)C(C)C1. The zero-order chi connectivity index (χ0) is 10.5. The van der Waals surface area contributed by atoms with Crippen molar-refractivity contribution in [3.63, 3.8) is 0 Å². The molecular formula is C12H24Si. The van der Waals surface area contributed by atoms with Crippen LogP contribution < -0.4 is 0 Å². The molecule has 1 fully saturated rings. The first kappa shape index (κ1) is 12.8. The highest BCUT2D eigenvalue weighted by molar-refractivity contribution is 6.78. The number of hydrogen-bond donors (Lipinski definition) is 0. The maximum Gasteiger partial charge on any atom is 0.0502 e. The van der Waals surface area contributed by atoms with E-state index < -0.39 is 8.07 Å². The Balaban J connectivity index is 0.000000671. The Labute approximate surface area is 85.1 Å². The topological polar surface area (TPSA) is 0 Å². The van der Waals surface area contributed by atoms with Crippen molar-refractivity contribution in [2.45, 2.75) is 57.8 Å². The van der Waals surface area contributed by atoms with Gasteiger partial charge in [0.2, 0.25) is 0 Å². The molecule has 76 valence electrons. The molecule has 2 unspecified atom stereocenters. The Kier molecular flexibility index (Phi) is 5.40. The third-order valence-electron chi connectivity index (χ3n) is 3.80. The molecule has 1 rings (SSSR count). The van der Waals surface area contributed by atoms with E-state index in [9.17, 15) is 0 Å². The van der Waals surface area contributed by atoms with Crippen molar-refractivity contribution in [3.05, 3.63) is 0 Å². The fourth-order valence-corrected chi connectivity index (χ4v) is 4.75. The van der Waals surface area contributed by atoms with E-state index in [-0.39, 0.29) is 0 Å². The van der Waals surface area contributed by atoms with Gasteiger partial charge in [-0.2, -0.15) is 0 Å². The Morgan fingerprint density at radius 2 is 1.85 bits per heavy atom. The van der Waals surface area contributed by atoms with Gasteiger partial charge in [-0.1, -0.05) is 52.2 Å². The van der Waals surface area contributed by atoms with E-state index in [1.54, 1.807) is 6.04 Å². The summed E-state index contributed by atoms with van der Waals surface area (Å²) in [6.45, 7) is 9.94. The monoisotopic (exact) mass is 196 g/mol. The normalized spacial score (nSPS) is 31.5. The van der Waals surface area contributed by atoms with E-state index >= 15 is 0 Å². The summed E-state index contributed by atoms with van der Waals surface area (Å²) < 4.78 is 0. The average Bonchev–Trinajstić information content (AvgIpc) is 2.13. The molecule has 1 saturated heterocycles. The third kappa shape index (κ3) is 3.56. The number of terminal acetylenes is 1. The molecule has 13 heavy (non-hydrogen) atoms. The Morgan fingerprint density at radius 1 is 1.31 bits per heavy atom. The summed E-state index contributed by atoms with van der Waals surface area (Å²) in [5, 5.41) is 0. The van der Waals surface area contributed by atoms with Crippen LogP contribution in [0.3, 0.4) is 0 Å². The van der Waals surface area contributed by atoms with E-state index in [4.69, 9.17) is 0 Å². The Bertz CT molecular complexity index is 158. The molecule has 0 N–H and O–H groups in total. The van der Waals surface area contributed by atoms with Gasteiger partial charge in [0.15, 0.2) is 0 Å². The predicted molar refractivity (Wildman–Crippen MR) is 64.6 cm³/mol. The average molecular weight is 196 g/mol. The molecule has 1 heteroatoms. The predicted octanol–water partition coefficient (Wildman–Crippen LogP) is 4.15. The standard InChI is InChI=1S/C10H22Si.C2H2/c1-5-10-6-7-11(3,4)9(2)8-10;1-2/h9-10H,5-8H2,1-4H3;1-2H. The van der Waals surface area contributed by atoms with Crippen LogP contribution in [-0.4, -0.2) is 8.07 Å². The molecule has 2 atom stereocenters. The highest BCUT2D eigenvalue weighted by Crippen LogP contribution is 2.40. The fourth-order valence-electron chi connectivity index (χ4n) is 2.13. The zero-order valence-electron chi connectivity index (χ0n) is 9.64. The Morgan fingerprint density at radius 3 is 2.23 bits per heavy atom. The van der Waals surface area contributed by atoms with Crippen LogP contribution in [0.4, 0.5) is 0 Å². The zero-order valence-corrected chi connectivity index (χ0v) is 10.6. The van der Waals surface area contributed by atoms with Crippen LogP contribution in [0.1, 0.15) is 33.1 Å². The second-order valence-electron chi connectivity index (χ2n) is 4.94. The van der Waals surface area contributed by atoms with Gasteiger partial charge in [-0.25, -0.2) is 0 Å². The summed E-state index contributed by atoms with van der Waals surface area (Å²) in [7, 11) is -0.752. The molecule has 0 aromatic rings. The van der Waals surface area contributed by atoms with Crippen LogP contribution in [0.2, 0.25) is 24.7 Å². The van der Waals surface area contributed by atoms with Gasteiger partial charge in [-0.05, 0) is 11.5 Å². The molecule has 0 radical (unpaired) electrons. The van der Waals surface area contributed by atoms with Crippen molar-refractivity contribution < 1.29 is 0 Å². The van der Waals surface area contributed by atoms with E-state index in [1.807, 2.05) is 0 Å². The van der Waals surface area contributed by atoms with Crippen molar-refractivity contribution in [3.8, 4) is 12.8 Å². The molecule has 1 aliphatic heterocycles. The number of hydrogen-bond acceptors (Lipinski definition) is 0. The smallest absolute Gasteiger partial charge is 0.0502 e. The summed E-state index contributed by atoms with van der Waals surface area (Å²) in [6.07, 6.45) is 12.5. The summed E-state index contributed by atoms with van der Waals surface area (Å²) in [4.78, 5) is 0. The highest BCUT2D eigenvalue weighted by Gasteiger charge is 2.34. The molecule has 1 heterocycles. The van der Waals surface area contributed by atoms with Crippen molar-refractivity contribution in [2.75, 3.05) is 0 Å². The first-order valence-electron chi connectivity index (χ1n) is 5.39. The molecule has 0 aromatic heterocycles. The molecule has 0 aromatic carbocycles. The van der Waals surface area contributed by atoms with Gasteiger partial charge in [-0.3, -0.25) is 0 Å². The van der Waals surface area contributed by atoms with E-state index in [0.29, 0.717) is 0 Å². The molecule has 0 bridgehead atoms. The van der Waals surface area contributed by atoms with E-state index in [1.165, 1.54) is 19.3 Å². The quantitative estimate of drug-likeness (QED) is 0.436. The maximum atomic E-state index is 4.00. The molecule has 0 aliphatic carbocycles. The van der Waals surface area contributed by atoms with Crippen molar-refractivity contribution in [2.24, 2.45) is 5.92 Å². The third-order valence-corrected chi connectivity index (χ3v) is 8.28. The summed E-state index contributed by atoms with van der Waals surface area (Å²) in [6, 6.07) is 1.58. The molecule has 0 amide bonds. The van der Waals surface area contributed by atoms with Gasteiger partial charge in [0.1, 0.15) is 0 Å². The van der Waals surface area contributed by atoms with Crippen LogP contribution >= 0.6 is 0 Å². The maximum absolute atomic E-state index is 4.00. The minimum absolute atomic E-state index is 0.752. The summed E-state index contributed by atoms with van der Waals surface area (Å²) in [5.74, 6) is 1.06. The minimum Gasteiger partial charge on any atom is -0.124 e. The first-order chi connectivity index (χ1) is 6.06.